The summed E-state index contributed by atoms with van der Waals surface area (Å²) < 4.78 is 10.5. The Morgan fingerprint density at radius 1 is 0.442 bits per heavy atom. The van der Waals surface area contributed by atoms with Crippen molar-refractivity contribution in [1.82, 2.24) is 0 Å². The molecule has 52 heavy (non-hydrogen) atoms. The molecule has 0 spiro atoms. The Kier molecular flexibility index (Phi) is 38.3. The predicted molar refractivity (Wildman–Crippen MR) is 223 cm³/mol. The SMILES string of the molecule is CCC=CCC=CCC=CCC=CCC=CCC=CCCC(=O)OCC(CO)OC(=O)CCCCCC=CCC=CCC=CCC=CCC=CCC. The molecule has 0 aliphatic heterocycles. The zero-order valence-corrected chi connectivity index (χ0v) is 32.5. The molecule has 1 N–H and O–H groups in total. The summed E-state index contributed by atoms with van der Waals surface area (Å²) in [6, 6.07) is 0. The molecule has 1 atom stereocenters. The summed E-state index contributed by atoms with van der Waals surface area (Å²) in [5, 5.41) is 9.55. The zero-order valence-electron chi connectivity index (χ0n) is 32.5. The van der Waals surface area contributed by atoms with E-state index in [2.05, 4.69) is 135 Å². The summed E-state index contributed by atoms with van der Waals surface area (Å²) in [7, 11) is 0. The molecule has 0 aliphatic carbocycles. The third kappa shape index (κ3) is 38.8. The predicted octanol–water partition coefficient (Wildman–Crippen LogP) is 12.6. The smallest absolute Gasteiger partial charge is 0.306 e. The number of carbonyl (C=O) groups excluding carboxylic acids is 2. The van der Waals surface area contributed by atoms with Gasteiger partial charge in [-0.2, -0.15) is 0 Å². The third-order valence-corrected chi connectivity index (χ3v) is 7.45. The van der Waals surface area contributed by atoms with E-state index in [1.54, 1.807) is 0 Å². The van der Waals surface area contributed by atoms with Crippen molar-refractivity contribution in [1.29, 1.82) is 0 Å². The second kappa shape index (κ2) is 41.5. The molecule has 5 nitrogen and oxygen atoms in total. The second-order valence-electron chi connectivity index (χ2n) is 12.2. The molecule has 0 aromatic heterocycles. The van der Waals surface area contributed by atoms with Gasteiger partial charge in [0.2, 0.25) is 0 Å². The van der Waals surface area contributed by atoms with Crippen molar-refractivity contribution < 1.29 is 24.2 Å². The van der Waals surface area contributed by atoms with Gasteiger partial charge in [0.15, 0.2) is 6.10 Å². The highest BCUT2D eigenvalue weighted by atomic mass is 16.6. The van der Waals surface area contributed by atoms with Gasteiger partial charge in [-0.3, -0.25) is 9.59 Å². The van der Waals surface area contributed by atoms with Crippen LogP contribution in [0.15, 0.2) is 134 Å². The van der Waals surface area contributed by atoms with Crippen LogP contribution >= 0.6 is 0 Å². The molecule has 1 unspecified atom stereocenters. The van der Waals surface area contributed by atoms with Crippen LogP contribution in [0.25, 0.3) is 0 Å². The number of aliphatic hydroxyl groups excluding tert-OH is 1. The van der Waals surface area contributed by atoms with Gasteiger partial charge in [-0.05, 0) is 96.3 Å². The summed E-state index contributed by atoms with van der Waals surface area (Å²) in [6.45, 7) is 3.78. The van der Waals surface area contributed by atoms with Crippen LogP contribution < -0.4 is 0 Å². The van der Waals surface area contributed by atoms with Crippen molar-refractivity contribution in [3.63, 3.8) is 0 Å². The number of carbonyl (C=O) groups is 2. The van der Waals surface area contributed by atoms with E-state index >= 15 is 0 Å². The largest absolute Gasteiger partial charge is 0.462 e. The molecule has 0 saturated carbocycles. The van der Waals surface area contributed by atoms with Gasteiger partial charge in [0, 0.05) is 12.8 Å². The van der Waals surface area contributed by atoms with Crippen LogP contribution in [0.4, 0.5) is 0 Å². The van der Waals surface area contributed by atoms with Crippen molar-refractivity contribution in [2.24, 2.45) is 0 Å². The van der Waals surface area contributed by atoms with E-state index in [-0.39, 0.29) is 31.6 Å². The van der Waals surface area contributed by atoms with Crippen LogP contribution in [0.1, 0.15) is 129 Å². The molecule has 5 heteroatoms. The van der Waals surface area contributed by atoms with Gasteiger partial charge >= 0.3 is 11.9 Å². The summed E-state index contributed by atoms with van der Waals surface area (Å²) in [4.78, 5) is 24.2. The maximum Gasteiger partial charge on any atom is 0.306 e. The Bertz CT molecular complexity index is 1170. The Labute approximate surface area is 317 Å². The molecule has 0 rings (SSSR count). The highest BCUT2D eigenvalue weighted by molar-refractivity contribution is 5.70. The van der Waals surface area contributed by atoms with Crippen LogP contribution in [0, 0.1) is 0 Å². The summed E-state index contributed by atoms with van der Waals surface area (Å²) in [5.41, 5.74) is 0. The highest BCUT2D eigenvalue weighted by Gasteiger charge is 2.15. The number of allylic oxidation sites excluding steroid dienone is 22. The number of ether oxygens (including phenoxy) is 2. The molecular weight excluding hydrogens is 645 g/mol. The first-order chi connectivity index (χ1) is 25.6. The second-order valence-corrected chi connectivity index (χ2v) is 12.2. The molecule has 0 amide bonds. The topological polar surface area (TPSA) is 72.8 Å². The third-order valence-electron chi connectivity index (χ3n) is 7.45. The Hall–Kier alpha value is -3.96. The van der Waals surface area contributed by atoms with E-state index in [0.29, 0.717) is 12.8 Å². The van der Waals surface area contributed by atoms with Crippen LogP contribution in [0.5, 0.6) is 0 Å². The molecule has 0 saturated heterocycles. The van der Waals surface area contributed by atoms with Gasteiger partial charge in [-0.25, -0.2) is 0 Å². The van der Waals surface area contributed by atoms with Crippen molar-refractivity contribution in [2.45, 2.75) is 136 Å². The zero-order chi connectivity index (χ0) is 37.8. The van der Waals surface area contributed by atoms with E-state index in [1.165, 1.54) is 0 Å². The fraction of sp³-hybridized carbons (Fsp3) is 0.489. The molecule has 0 fully saturated rings. The first kappa shape index (κ1) is 48.0. The average Bonchev–Trinajstić information content (AvgIpc) is 3.15. The van der Waals surface area contributed by atoms with E-state index in [4.69, 9.17) is 9.47 Å². The van der Waals surface area contributed by atoms with Crippen molar-refractivity contribution in [2.75, 3.05) is 13.2 Å². The van der Waals surface area contributed by atoms with E-state index in [9.17, 15) is 14.7 Å². The minimum Gasteiger partial charge on any atom is -0.462 e. The Balaban J connectivity index is 3.81. The molecule has 0 aliphatic rings. The average molecular weight is 715 g/mol. The molecule has 0 aromatic carbocycles. The van der Waals surface area contributed by atoms with Crippen molar-refractivity contribution in [3.8, 4) is 0 Å². The van der Waals surface area contributed by atoms with Crippen LogP contribution in [0.2, 0.25) is 0 Å². The first-order valence-corrected chi connectivity index (χ1v) is 19.7. The number of rotatable bonds is 33. The van der Waals surface area contributed by atoms with Crippen LogP contribution in [-0.2, 0) is 19.1 Å². The van der Waals surface area contributed by atoms with Gasteiger partial charge in [0.1, 0.15) is 6.61 Å². The number of hydrogen-bond donors (Lipinski definition) is 1. The molecule has 0 aromatic rings. The summed E-state index contributed by atoms with van der Waals surface area (Å²) in [5.74, 6) is -0.743. The number of unbranched alkanes of at least 4 members (excludes halogenated alkanes) is 3. The molecular formula is C47H70O5. The van der Waals surface area contributed by atoms with Gasteiger partial charge in [0.25, 0.3) is 0 Å². The lowest BCUT2D eigenvalue weighted by Gasteiger charge is -2.15. The van der Waals surface area contributed by atoms with Crippen molar-refractivity contribution in [3.05, 3.63) is 134 Å². The van der Waals surface area contributed by atoms with Crippen LogP contribution in [-0.4, -0.2) is 36.4 Å². The maximum absolute atomic E-state index is 12.2. The fourth-order valence-corrected chi connectivity index (χ4v) is 4.54. The summed E-state index contributed by atoms with van der Waals surface area (Å²) >= 11 is 0. The molecule has 0 radical (unpaired) electrons. The monoisotopic (exact) mass is 715 g/mol. The van der Waals surface area contributed by atoms with E-state index < -0.39 is 6.10 Å². The highest BCUT2D eigenvalue weighted by Crippen LogP contribution is 2.08. The lowest BCUT2D eigenvalue weighted by Crippen LogP contribution is -2.28. The number of hydrogen-bond acceptors (Lipinski definition) is 5. The van der Waals surface area contributed by atoms with Gasteiger partial charge in [-0.1, -0.05) is 154 Å². The maximum atomic E-state index is 12.2. The molecule has 288 valence electrons. The Morgan fingerprint density at radius 3 is 1.19 bits per heavy atom. The summed E-state index contributed by atoms with van der Waals surface area (Å²) in [6.07, 6.45) is 62.3. The van der Waals surface area contributed by atoms with E-state index in [1.807, 2.05) is 12.2 Å². The Morgan fingerprint density at radius 2 is 0.808 bits per heavy atom. The minimum absolute atomic E-state index is 0.130. The van der Waals surface area contributed by atoms with Crippen molar-refractivity contribution >= 4 is 11.9 Å². The lowest BCUT2D eigenvalue weighted by atomic mass is 10.1. The van der Waals surface area contributed by atoms with Gasteiger partial charge < -0.3 is 14.6 Å². The quantitative estimate of drug-likeness (QED) is 0.0416. The lowest BCUT2D eigenvalue weighted by molar-refractivity contribution is -0.161. The van der Waals surface area contributed by atoms with Crippen LogP contribution in [0.3, 0.4) is 0 Å². The van der Waals surface area contributed by atoms with E-state index in [0.717, 1.165) is 96.3 Å². The standard InChI is InChI=1S/C47H70O5/c1-3-5-7-9-11-13-15-17-19-21-23-25-27-29-31-33-35-37-39-41-46(49)51-44-45(43-48)52-47(50)42-40-38-36-34-32-30-28-26-24-22-20-18-16-14-12-10-8-6-4-2/h5-8,11-14,17-20,23-26,29-32,35,37,45,48H,3-4,9-10,15-16,21-22,27-28,33-34,36,38-44H2,1-2H3. The molecule has 0 bridgehead atoms. The fourth-order valence-electron chi connectivity index (χ4n) is 4.54. The van der Waals surface area contributed by atoms with Gasteiger partial charge in [-0.15, -0.1) is 0 Å². The molecule has 0 heterocycles. The first-order valence-electron chi connectivity index (χ1n) is 19.7. The normalized spacial score (nSPS) is 13.7. The minimum atomic E-state index is -0.830. The number of esters is 2. The van der Waals surface area contributed by atoms with Gasteiger partial charge in [0.05, 0.1) is 6.61 Å². The number of aliphatic hydroxyl groups is 1.